The molecule has 0 aliphatic carbocycles. The van der Waals surface area contributed by atoms with Gasteiger partial charge in [0, 0.05) is 37.7 Å². The normalized spacial score (nSPS) is 11.6. The standard InChI is InChI=1S/C13H24N2O/c1-5-13-12(6-9-16-13)10-15(4)8-7-14-11(2)3/h6,9,11,14H,5,7-8,10H2,1-4H3. The maximum Gasteiger partial charge on any atom is 0.107 e. The lowest BCUT2D eigenvalue weighted by Gasteiger charge is -2.17. The van der Waals surface area contributed by atoms with E-state index in [1.54, 1.807) is 6.26 Å². The highest BCUT2D eigenvalue weighted by Gasteiger charge is 2.07. The number of likely N-dealkylation sites (N-methyl/N-ethyl adjacent to an activating group) is 1. The summed E-state index contributed by atoms with van der Waals surface area (Å²) in [7, 11) is 2.15. The molecule has 0 atom stereocenters. The maximum absolute atomic E-state index is 5.42. The van der Waals surface area contributed by atoms with Crippen LogP contribution in [0.4, 0.5) is 0 Å². The molecule has 16 heavy (non-hydrogen) atoms. The van der Waals surface area contributed by atoms with Crippen molar-refractivity contribution in [1.82, 2.24) is 10.2 Å². The van der Waals surface area contributed by atoms with E-state index in [0.29, 0.717) is 6.04 Å². The monoisotopic (exact) mass is 224 g/mol. The van der Waals surface area contributed by atoms with Crippen molar-refractivity contribution in [3.8, 4) is 0 Å². The van der Waals surface area contributed by atoms with Crippen LogP contribution >= 0.6 is 0 Å². The van der Waals surface area contributed by atoms with E-state index in [2.05, 4.69) is 44.1 Å². The number of nitrogens with zero attached hydrogens (tertiary/aromatic N) is 1. The third-order valence-electron chi connectivity index (χ3n) is 2.65. The quantitative estimate of drug-likeness (QED) is 0.770. The highest BCUT2D eigenvalue weighted by atomic mass is 16.3. The smallest absolute Gasteiger partial charge is 0.107 e. The summed E-state index contributed by atoms with van der Waals surface area (Å²) >= 11 is 0. The van der Waals surface area contributed by atoms with E-state index >= 15 is 0 Å². The molecule has 0 aliphatic rings. The van der Waals surface area contributed by atoms with Crippen LogP contribution in [0.2, 0.25) is 0 Å². The summed E-state index contributed by atoms with van der Waals surface area (Å²) in [6.07, 6.45) is 2.76. The molecule has 0 aromatic carbocycles. The molecule has 92 valence electrons. The first-order chi connectivity index (χ1) is 7.63. The Balaban J connectivity index is 2.31. The number of hydrogen-bond acceptors (Lipinski definition) is 3. The van der Waals surface area contributed by atoms with Gasteiger partial charge in [-0.2, -0.15) is 0 Å². The average molecular weight is 224 g/mol. The lowest BCUT2D eigenvalue weighted by atomic mass is 10.2. The maximum atomic E-state index is 5.42. The van der Waals surface area contributed by atoms with Crippen LogP contribution < -0.4 is 5.32 Å². The van der Waals surface area contributed by atoms with Crippen molar-refractivity contribution >= 4 is 0 Å². The number of hydrogen-bond donors (Lipinski definition) is 1. The Kier molecular flexibility index (Phi) is 5.56. The first kappa shape index (κ1) is 13.3. The van der Waals surface area contributed by atoms with Crippen LogP contribution in [-0.4, -0.2) is 31.1 Å². The van der Waals surface area contributed by atoms with Crippen molar-refractivity contribution < 1.29 is 4.42 Å². The molecule has 0 amide bonds. The Morgan fingerprint density at radius 3 is 2.81 bits per heavy atom. The summed E-state index contributed by atoms with van der Waals surface area (Å²) in [6.45, 7) is 9.54. The van der Waals surface area contributed by atoms with Gasteiger partial charge in [-0.05, 0) is 13.1 Å². The van der Waals surface area contributed by atoms with E-state index in [9.17, 15) is 0 Å². The number of nitrogens with one attached hydrogen (secondary N) is 1. The fourth-order valence-corrected chi connectivity index (χ4v) is 1.73. The SMILES string of the molecule is CCc1occc1CN(C)CCNC(C)C. The minimum atomic E-state index is 0.563. The molecular formula is C13H24N2O. The summed E-state index contributed by atoms with van der Waals surface area (Å²) in [6, 6.07) is 2.64. The Hall–Kier alpha value is -0.800. The number of furan rings is 1. The number of aryl methyl sites for hydroxylation is 1. The van der Waals surface area contributed by atoms with Gasteiger partial charge in [0.2, 0.25) is 0 Å². The van der Waals surface area contributed by atoms with Crippen molar-refractivity contribution in [1.29, 1.82) is 0 Å². The second-order valence-corrected chi connectivity index (χ2v) is 4.57. The van der Waals surface area contributed by atoms with Crippen LogP contribution in [0.5, 0.6) is 0 Å². The Morgan fingerprint density at radius 2 is 2.19 bits per heavy atom. The van der Waals surface area contributed by atoms with Gasteiger partial charge in [-0.15, -0.1) is 0 Å². The first-order valence-electron chi connectivity index (χ1n) is 6.10. The molecule has 0 saturated heterocycles. The molecule has 0 fully saturated rings. The lowest BCUT2D eigenvalue weighted by molar-refractivity contribution is 0.317. The summed E-state index contributed by atoms with van der Waals surface area (Å²) in [5, 5.41) is 3.42. The zero-order valence-electron chi connectivity index (χ0n) is 10.9. The van der Waals surface area contributed by atoms with Gasteiger partial charge in [-0.25, -0.2) is 0 Å². The molecule has 3 heteroatoms. The van der Waals surface area contributed by atoms with Crippen LogP contribution in [-0.2, 0) is 13.0 Å². The van der Waals surface area contributed by atoms with E-state index in [4.69, 9.17) is 4.42 Å². The van der Waals surface area contributed by atoms with Crippen LogP contribution in [0.25, 0.3) is 0 Å². The van der Waals surface area contributed by atoms with Gasteiger partial charge >= 0.3 is 0 Å². The zero-order chi connectivity index (χ0) is 12.0. The van der Waals surface area contributed by atoms with E-state index in [1.807, 2.05) is 0 Å². The van der Waals surface area contributed by atoms with Gasteiger partial charge in [-0.3, -0.25) is 0 Å². The molecule has 1 N–H and O–H groups in total. The summed E-state index contributed by atoms with van der Waals surface area (Å²) in [4.78, 5) is 2.32. The van der Waals surface area contributed by atoms with Crippen molar-refractivity contribution in [3.05, 3.63) is 23.7 Å². The zero-order valence-corrected chi connectivity index (χ0v) is 10.9. The molecule has 0 aliphatic heterocycles. The van der Waals surface area contributed by atoms with E-state index < -0.39 is 0 Å². The largest absolute Gasteiger partial charge is 0.469 e. The van der Waals surface area contributed by atoms with Crippen LogP contribution in [0.3, 0.4) is 0 Å². The van der Waals surface area contributed by atoms with Gasteiger partial charge < -0.3 is 14.6 Å². The van der Waals surface area contributed by atoms with E-state index in [-0.39, 0.29) is 0 Å². The summed E-state index contributed by atoms with van der Waals surface area (Å²) < 4.78 is 5.42. The molecular weight excluding hydrogens is 200 g/mol. The molecule has 1 aromatic heterocycles. The molecule has 0 unspecified atom stereocenters. The minimum Gasteiger partial charge on any atom is -0.469 e. The van der Waals surface area contributed by atoms with Gasteiger partial charge in [0.05, 0.1) is 6.26 Å². The van der Waals surface area contributed by atoms with Crippen molar-refractivity contribution in [2.45, 2.75) is 39.8 Å². The fourth-order valence-electron chi connectivity index (χ4n) is 1.73. The highest BCUT2D eigenvalue weighted by molar-refractivity contribution is 5.16. The fraction of sp³-hybridized carbons (Fsp3) is 0.692. The van der Waals surface area contributed by atoms with Gasteiger partial charge in [0.25, 0.3) is 0 Å². The van der Waals surface area contributed by atoms with Crippen molar-refractivity contribution in [2.24, 2.45) is 0 Å². The summed E-state index contributed by atoms with van der Waals surface area (Å²) in [5.74, 6) is 1.11. The molecule has 1 rings (SSSR count). The predicted octanol–water partition coefficient (Wildman–Crippen LogP) is 2.27. The second kappa shape index (κ2) is 6.71. The third kappa shape index (κ3) is 4.37. The third-order valence-corrected chi connectivity index (χ3v) is 2.65. The van der Waals surface area contributed by atoms with Crippen molar-refractivity contribution in [3.63, 3.8) is 0 Å². The molecule has 3 nitrogen and oxygen atoms in total. The minimum absolute atomic E-state index is 0.563. The van der Waals surface area contributed by atoms with Gasteiger partial charge in [-0.1, -0.05) is 20.8 Å². The van der Waals surface area contributed by atoms with Crippen LogP contribution in [0.1, 0.15) is 32.1 Å². The second-order valence-electron chi connectivity index (χ2n) is 4.57. The van der Waals surface area contributed by atoms with Gasteiger partial charge in [0.15, 0.2) is 0 Å². The molecule has 0 saturated carbocycles. The molecule has 1 aromatic rings. The van der Waals surface area contributed by atoms with E-state index in [0.717, 1.165) is 31.8 Å². The average Bonchev–Trinajstić information content (AvgIpc) is 2.64. The lowest BCUT2D eigenvalue weighted by Crippen LogP contribution is -2.32. The molecule has 0 spiro atoms. The summed E-state index contributed by atoms with van der Waals surface area (Å²) in [5.41, 5.74) is 1.31. The Labute approximate surface area is 98.8 Å². The Morgan fingerprint density at radius 1 is 1.44 bits per heavy atom. The molecule has 0 bridgehead atoms. The number of rotatable bonds is 7. The van der Waals surface area contributed by atoms with Gasteiger partial charge in [0.1, 0.15) is 5.76 Å². The molecule has 0 radical (unpaired) electrons. The van der Waals surface area contributed by atoms with Crippen LogP contribution in [0.15, 0.2) is 16.7 Å². The van der Waals surface area contributed by atoms with E-state index in [1.165, 1.54) is 5.56 Å². The van der Waals surface area contributed by atoms with Crippen LogP contribution in [0, 0.1) is 0 Å². The molecule has 1 heterocycles. The first-order valence-corrected chi connectivity index (χ1v) is 6.10. The predicted molar refractivity (Wildman–Crippen MR) is 67.6 cm³/mol. The topological polar surface area (TPSA) is 28.4 Å². The Bertz CT molecular complexity index is 294. The highest BCUT2D eigenvalue weighted by Crippen LogP contribution is 2.12. The van der Waals surface area contributed by atoms with Crippen molar-refractivity contribution in [2.75, 3.05) is 20.1 Å².